The molecule has 1 aromatic carbocycles. The molecule has 0 saturated carbocycles. The Morgan fingerprint density at radius 3 is 1.42 bits per heavy atom. The van der Waals surface area contributed by atoms with E-state index < -0.39 is 0 Å². The summed E-state index contributed by atoms with van der Waals surface area (Å²) in [7, 11) is 0. The van der Waals surface area contributed by atoms with E-state index >= 15 is 0 Å². The number of nitrogens with zero attached hydrogens (tertiary/aromatic N) is 2. The van der Waals surface area contributed by atoms with Crippen LogP contribution in [0.3, 0.4) is 0 Å². The number of halogens is 2. The van der Waals surface area contributed by atoms with Crippen molar-refractivity contribution in [3.05, 3.63) is 65.9 Å². The molecular formula is C34H34Br2N2S5. The molecule has 0 spiro atoms. The van der Waals surface area contributed by atoms with Crippen LogP contribution in [0.2, 0.25) is 0 Å². The lowest BCUT2D eigenvalue weighted by Crippen LogP contribution is -1.82. The smallest absolute Gasteiger partial charge is 0.114 e. The molecule has 6 rings (SSSR count). The molecule has 5 aromatic heterocycles. The van der Waals surface area contributed by atoms with E-state index in [1.807, 2.05) is 22.7 Å². The Labute approximate surface area is 291 Å². The second kappa shape index (κ2) is 14.9. The summed E-state index contributed by atoms with van der Waals surface area (Å²) in [6, 6.07) is 18.3. The van der Waals surface area contributed by atoms with Crippen LogP contribution in [0.1, 0.15) is 75.0 Å². The van der Waals surface area contributed by atoms with Gasteiger partial charge in [-0.1, -0.05) is 64.5 Å². The summed E-state index contributed by atoms with van der Waals surface area (Å²) in [6.07, 6.45) is 12.8. The van der Waals surface area contributed by atoms with E-state index in [4.69, 9.17) is 8.75 Å². The normalized spacial score (nSPS) is 11.7. The molecule has 0 aliphatic rings. The van der Waals surface area contributed by atoms with Crippen LogP contribution in [-0.2, 0) is 12.8 Å². The third-order valence-electron chi connectivity index (χ3n) is 7.73. The molecule has 43 heavy (non-hydrogen) atoms. The predicted molar refractivity (Wildman–Crippen MR) is 202 cm³/mol. The lowest BCUT2D eigenvalue weighted by molar-refractivity contribution is 0.670. The second-order valence-corrected chi connectivity index (χ2v) is 18.5. The van der Waals surface area contributed by atoms with Gasteiger partial charge in [0.25, 0.3) is 0 Å². The highest BCUT2D eigenvalue weighted by atomic mass is 79.9. The van der Waals surface area contributed by atoms with Gasteiger partial charge in [-0.3, -0.25) is 0 Å². The molecule has 9 heteroatoms. The first kappa shape index (κ1) is 31.8. The number of fused-ring (bicyclic) bond motifs is 1. The molecular weight excluding hydrogens is 757 g/mol. The van der Waals surface area contributed by atoms with Gasteiger partial charge in [0.1, 0.15) is 11.0 Å². The quantitative estimate of drug-likeness (QED) is 0.103. The van der Waals surface area contributed by atoms with Crippen molar-refractivity contribution in [2.75, 3.05) is 0 Å². The summed E-state index contributed by atoms with van der Waals surface area (Å²) in [5, 5.41) is 0. The fraction of sp³-hybridized carbons (Fsp3) is 0.353. The molecule has 0 amide bonds. The van der Waals surface area contributed by atoms with E-state index in [2.05, 4.69) is 94.2 Å². The Morgan fingerprint density at radius 1 is 0.512 bits per heavy atom. The SMILES string of the molecule is CCCCCCc1ccc(-c2cc(-c3ccc(-c4cc(-c5ccc(CCCCCC)s5)c(Br)s4)c4nsnc34)sc2Br)s1. The molecule has 0 bridgehead atoms. The van der Waals surface area contributed by atoms with Gasteiger partial charge in [0.15, 0.2) is 0 Å². The molecule has 0 unspecified atom stereocenters. The highest BCUT2D eigenvalue weighted by Crippen LogP contribution is 2.48. The van der Waals surface area contributed by atoms with E-state index in [1.165, 1.54) is 124 Å². The predicted octanol–water partition coefficient (Wildman–Crippen LogP) is 14.4. The van der Waals surface area contributed by atoms with Crippen LogP contribution in [0.15, 0.2) is 56.1 Å². The van der Waals surface area contributed by atoms with E-state index in [9.17, 15) is 0 Å². The number of thiophene rings is 4. The van der Waals surface area contributed by atoms with Gasteiger partial charge in [0.05, 0.1) is 19.3 Å². The van der Waals surface area contributed by atoms with Crippen LogP contribution in [0.5, 0.6) is 0 Å². The first-order chi connectivity index (χ1) is 21.1. The minimum Gasteiger partial charge on any atom is -0.172 e. The molecule has 224 valence electrons. The van der Waals surface area contributed by atoms with Crippen LogP contribution in [0.4, 0.5) is 0 Å². The maximum absolute atomic E-state index is 4.80. The van der Waals surface area contributed by atoms with Crippen molar-refractivity contribution >= 4 is 100.0 Å². The molecule has 0 N–H and O–H groups in total. The molecule has 0 radical (unpaired) electrons. The van der Waals surface area contributed by atoms with Crippen LogP contribution >= 0.6 is 88.9 Å². The molecule has 0 atom stereocenters. The van der Waals surface area contributed by atoms with E-state index in [0.717, 1.165) is 22.2 Å². The van der Waals surface area contributed by atoms with Gasteiger partial charge in [0, 0.05) is 51.5 Å². The molecule has 0 saturated heterocycles. The Hall–Kier alpha value is -1.20. The highest BCUT2D eigenvalue weighted by Gasteiger charge is 2.20. The zero-order valence-electron chi connectivity index (χ0n) is 24.4. The third kappa shape index (κ3) is 7.29. The minimum atomic E-state index is 0.988. The van der Waals surface area contributed by atoms with Crippen LogP contribution in [-0.4, -0.2) is 8.75 Å². The van der Waals surface area contributed by atoms with E-state index in [1.54, 1.807) is 22.7 Å². The fourth-order valence-electron chi connectivity index (χ4n) is 5.37. The van der Waals surface area contributed by atoms with Gasteiger partial charge >= 0.3 is 0 Å². The number of aromatic nitrogens is 2. The Balaban J connectivity index is 1.24. The number of hydrogen-bond acceptors (Lipinski definition) is 7. The number of benzene rings is 1. The van der Waals surface area contributed by atoms with Gasteiger partial charge in [0.2, 0.25) is 0 Å². The number of aryl methyl sites for hydroxylation is 2. The Kier molecular flexibility index (Phi) is 11.0. The van der Waals surface area contributed by atoms with E-state index in [0.29, 0.717) is 0 Å². The average molecular weight is 791 g/mol. The summed E-state index contributed by atoms with van der Waals surface area (Å²) in [4.78, 5) is 8.07. The minimum absolute atomic E-state index is 0.988. The summed E-state index contributed by atoms with van der Waals surface area (Å²) >= 11 is 16.5. The zero-order chi connectivity index (χ0) is 29.8. The first-order valence-electron chi connectivity index (χ1n) is 15.1. The number of unbranched alkanes of at least 4 members (excludes halogenated alkanes) is 6. The monoisotopic (exact) mass is 788 g/mol. The van der Waals surface area contributed by atoms with Crippen LogP contribution < -0.4 is 0 Å². The Bertz CT molecular complexity index is 1680. The third-order valence-corrected chi connectivity index (χ3v) is 14.4. The molecule has 6 aromatic rings. The molecule has 0 aliphatic heterocycles. The average Bonchev–Trinajstić information content (AvgIpc) is 3.84. The van der Waals surface area contributed by atoms with Crippen molar-refractivity contribution in [2.24, 2.45) is 0 Å². The first-order valence-corrected chi connectivity index (χ1v) is 20.7. The lowest BCUT2D eigenvalue weighted by atomic mass is 10.0. The van der Waals surface area contributed by atoms with Gasteiger partial charge in [-0.2, -0.15) is 8.75 Å². The molecule has 0 fully saturated rings. The van der Waals surface area contributed by atoms with E-state index in [-0.39, 0.29) is 0 Å². The molecule has 5 heterocycles. The topological polar surface area (TPSA) is 25.8 Å². The van der Waals surface area contributed by atoms with Gasteiger partial charge in [-0.15, -0.1) is 45.3 Å². The largest absolute Gasteiger partial charge is 0.172 e. The standard InChI is InChI=1S/C34H34Br2N2S5/c1-3-5-7-9-11-21-13-17-27(39-21)25-19-29(41-33(25)35)23-15-16-24(32-31(23)37-43-38-32)30-20-26(34(36)42-30)28-18-14-22(40-28)12-10-8-6-4-2/h13-20H,3-12H2,1-2H3. The second-order valence-electron chi connectivity index (χ2n) is 10.9. The van der Waals surface area contributed by atoms with Crippen molar-refractivity contribution in [2.45, 2.75) is 78.1 Å². The Morgan fingerprint density at radius 2 is 0.977 bits per heavy atom. The lowest BCUT2D eigenvalue weighted by Gasteiger charge is -2.03. The summed E-state index contributed by atoms with van der Waals surface area (Å²) in [5.74, 6) is 0. The van der Waals surface area contributed by atoms with Crippen molar-refractivity contribution in [1.29, 1.82) is 0 Å². The van der Waals surface area contributed by atoms with Gasteiger partial charge in [-0.25, -0.2) is 0 Å². The van der Waals surface area contributed by atoms with Crippen molar-refractivity contribution < 1.29 is 0 Å². The summed E-state index contributed by atoms with van der Waals surface area (Å²) < 4.78 is 11.9. The van der Waals surface area contributed by atoms with Crippen molar-refractivity contribution in [3.8, 4) is 41.8 Å². The van der Waals surface area contributed by atoms with Crippen LogP contribution in [0, 0.1) is 0 Å². The summed E-state index contributed by atoms with van der Waals surface area (Å²) in [5.41, 5.74) is 6.84. The molecule has 0 aliphatic carbocycles. The van der Waals surface area contributed by atoms with Gasteiger partial charge in [-0.05, 0) is 93.9 Å². The molecule has 2 nitrogen and oxygen atoms in total. The van der Waals surface area contributed by atoms with Crippen molar-refractivity contribution in [3.63, 3.8) is 0 Å². The maximum atomic E-state index is 4.80. The van der Waals surface area contributed by atoms with Gasteiger partial charge < -0.3 is 0 Å². The number of hydrogen-bond donors (Lipinski definition) is 0. The van der Waals surface area contributed by atoms with Crippen LogP contribution in [0.25, 0.3) is 52.8 Å². The maximum Gasteiger partial charge on any atom is 0.114 e. The number of rotatable bonds is 14. The van der Waals surface area contributed by atoms with Crippen molar-refractivity contribution in [1.82, 2.24) is 8.75 Å². The summed E-state index contributed by atoms with van der Waals surface area (Å²) in [6.45, 7) is 4.54. The highest BCUT2D eigenvalue weighted by molar-refractivity contribution is 9.11. The fourth-order valence-corrected chi connectivity index (χ4v) is 12.0. The zero-order valence-corrected chi connectivity index (χ0v) is 31.6.